The molecule has 2 rings (SSSR count). The van der Waals surface area contributed by atoms with Gasteiger partial charge in [0.1, 0.15) is 11.6 Å². The zero-order chi connectivity index (χ0) is 15.2. The van der Waals surface area contributed by atoms with Crippen molar-refractivity contribution in [3.05, 3.63) is 69.7 Å². The summed E-state index contributed by atoms with van der Waals surface area (Å²) in [7, 11) is 0. The van der Waals surface area contributed by atoms with Gasteiger partial charge in [-0.25, -0.2) is 8.78 Å². The van der Waals surface area contributed by atoms with Gasteiger partial charge in [-0.3, -0.25) is 0 Å². The highest BCUT2D eigenvalue weighted by Crippen LogP contribution is 2.22. The predicted molar refractivity (Wildman–Crippen MR) is 85.2 cm³/mol. The predicted octanol–water partition coefficient (Wildman–Crippen LogP) is 5.01. The Morgan fingerprint density at radius 3 is 2.43 bits per heavy atom. The average molecular weight is 354 g/mol. The van der Waals surface area contributed by atoms with Crippen LogP contribution in [0, 0.1) is 11.6 Å². The van der Waals surface area contributed by atoms with Crippen LogP contribution >= 0.6 is 15.9 Å². The van der Waals surface area contributed by atoms with Gasteiger partial charge in [-0.15, -0.1) is 0 Å². The van der Waals surface area contributed by atoms with E-state index >= 15 is 0 Å². The molecule has 0 amide bonds. The number of hydrogen-bond donors (Lipinski definition) is 1. The first kappa shape index (κ1) is 16.1. The molecule has 2 aromatic carbocycles. The SMILES string of the molecule is CCCNC(Cc1cc(F)cc(F)c1)c1cccc(Br)c1. The van der Waals surface area contributed by atoms with Crippen LogP contribution in [0.1, 0.15) is 30.5 Å². The molecular weight excluding hydrogens is 336 g/mol. The molecule has 2 aromatic rings. The van der Waals surface area contributed by atoms with Gasteiger partial charge in [0.25, 0.3) is 0 Å². The Morgan fingerprint density at radius 1 is 1.10 bits per heavy atom. The van der Waals surface area contributed by atoms with Crippen molar-refractivity contribution in [2.75, 3.05) is 6.54 Å². The van der Waals surface area contributed by atoms with Crippen LogP contribution < -0.4 is 5.32 Å². The lowest BCUT2D eigenvalue weighted by Crippen LogP contribution is -2.24. The molecule has 0 spiro atoms. The summed E-state index contributed by atoms with van der Waals surface area (Å²) in [6, 6.07) is 11.7. The molecule has 1 atom stereocenters. The van der Waals surface area contributed by atoms with Gasteiger partial charge in [0, 0.05) is 16.6 Å². The number of halogens is 3. The lowest BCUT2D eigenvalue weighted by Gasteiger charge is -2.19. The first-order valence-electron chi connectivity index (χ1n) is 7.02. The Bertz CT molecular complexity index is 581. The molecule has 0 aliphatic heterocycles. The second kappa shape index (κ2) is 7.66. The topological polar surface area (TPSA) is 12.0 Å². The van der Waals surface area contributed by atoms with Gasteiger partial charge in [0.2, 0.25) is 0 Å². The average Bonchev–Trinajstić information content (AvgIpc) is 2.42. The van der Waals surface area contributed by atoms with Gasteiger partial charge in [-0.1, -0.05) is 35.0 Å². The summed E-state index contributed by atoms with van der Waals surface area (Å²) in [5.74, 6) is -1.07. The standard InChI is InChI=1S/C17H18BrF2N/c1-2-6-21-17(13-4-3-5-14(18)10-13)9-12-7-15(19)11-16(20)8-12/h3-5,7-8,10-11,17,21H,2,6,9H2,1H3. The van der Waals surface area contributed by atoms with Gasteiger partial charge >= 0.3 is 0 Å². The van der Waals surface area contributed by atoms with E-state index in [0.29, 0.717) is 12.0 Å². The van der Waals surface area contributed by atoms with Gasteiger partial charge in [-0.05, 0) is 54.8 Å². The molecule has 0 aliphatic rings. The van der Waals surface area contributed by atoms with E-state index in [4.69, 9.17) is 0 Å². The maximum absolute atomic E-state index is 13.3. The van der Waals surface area contributed by atoms with Crippen molar-refractivity contribution in [3.63, 3.8) is 0 Å². The van der Waals surface area contributed by atoms with Crippen molar-refractivity contribution in [1.29, 1.82) is 0 Å². The fourth-order valence-electron chi connectivity index (χ4n) is 2.31. The normalized spacial score (nSPS) is 12.4. The molecule has 0 heterocycles. The minimum absolute atomic E-state index is 0.0312. The second-order valence-corrected chi connectivity index (χ2v) is 5.96. The zero-order valence-corrected chi connectivity index (χ0v) is 13.5. The van der Waals surface area contributed by atoms with Crippen LogP contribution in [0.3, 0.4) is 0 Å². The van der Waals surface area contributed by atoms with E-state index in [1.807, 2.05) is 24.3 Å². The van der Waals surface area contributed by atoms with Crippen LogP contribution in [-0.4, -0.2) is 6.54 Å². The Balaban J connectivity index is 2.23. The Labute approximate surface area is 132 Å². The molecule has 0 saturated carbocycles. The molecule has 0 bridgehead atoms. The van der Waals surface area contributed by atoms with Crippen molar-refractivity contribution >= 4 is 15.9 Å². The lowest BCUT2D eigenvalue weighted by atomic mass is 9.98. The maximum atomic E-state index is 13.3. The van der Waals surface area contributed by atoms with Crippen LogP contribution in [-0.2, 0) is 6.42 Å². The highest BCUT2D eigenvalue weighted by Gasteiger charge is 2.13. The van der Waals surface area contributed by atoms with E-state index in [-0.39, 0.29) is 6.04 Å². The largest absolute Gasteiger partial charge is 0.310 e. The quantitative estimate of drug-likeness (QED) is 0.769. The van der Waals surface area contributed by atoms with E-state index in [2.05, 4.69) is 28.2 Å². The molecule has 1 N–H and O–H groups in total. The molecule has 21 heavy (non-hydrogen) atoms. The summed E-state index contributed by atoms with van der Waals surface area (Å²) in [5, 5.41) is 3.43. The molecule has 112 valence electrons. The zero-order valence-electron chi connectivity index (χ0n) is 11.9. The highest BCUT2D eigenvalue weighted by atomic mass is 79.9. The molecule has 0 radical (unpaired) electrons. The third kappa shape index (κ3) is 4.90. The van der Waals surface area contributed by atoms with E-state index in [0.717, 1.165) is 29.1 Å². The molecule has 4 heteroatoms. The van der Waals surface area contributed by atoms with Crippen molar-refractivity contribution in [2.24, 2.45) is 0 Å². The fourth-order valence-corrected chi connectivity index (χ4v) is 2.73. The number of nitrogens with one attached hydrogen (secondary N) is 1. The Kier molecular flexibility index (Phi) is 5.88. The summed E-state index contributed by atoms with van der Waals surface area (Å²) >= 11 is 3.46. The van der Waals surface area contributed by atoms with Gasteiger partial charge in [0.05, 0.1) is 0 Å². The van der Waals surface area contributed by atoms with Crippen molar-refractivity contribution in [2.45, 2.75) is 25.8 Å². The summed E-state index contributed by atoms with van der Waals surface area (Å²) in [5.41, 5.74) is 1.75. The first-order valence-corrected chi connectivity index (χ1v) is 7.81. The third-order valence-electron chi connectivity index (χ3n) is 3.25. The van der Waals surface area contributed by atoms with Gasteiger partial charge in [-0.2, -0.15) is 0 Å². The monoisotopic (exact) mass is 353 g/mol. The number of benzene rings is 2. The first-order chi connectivity index (χ1) is 10.1. The third-order valence-corrected chi connectivity index (χ3v) is 3.75. The highest BCUT2D eigenvalue weighted by molar-refractivity contribution is 9.10. The summed E-state index contributed by atoms with van der Waals surface area (Å²) in [6.45, 7) is 2.95. The number of rotatable bonds is 6. The van der Waals surface area contributed by atoms with E-state index < -0.39 is 11.6 Å². The molecule has 0 fully saturated rings. The second-order valence-electron chi connectivity index (χ2n) is 5.04. The molecular formula is C17H18BrF2N. The smallest absolute Gasteiger partial charge is 0.126 e. The maximum Gasteiger partial charge on any atom is 0.126 e. The van der Waals surface area contributed by atoms with E-state index in [9.17, 15) is 8.78 Å². The summed E-state index contributed by atoms with van der Waals surface area (Å²) in [4.78, 5) is 0. The van der Waals surface area contributed by atoms with E-state index in [1.165, 1.54) is 12.1 Å². The molecule has 0 aliphatic carbocycles. The summed E-state index contributed by atoms with van der Waals surface area (Å²) < 4.78 is 27.7. The van der Waals surface area contributed by atoms with Crippen LogP contribution in [0.25, 0.3) is 0 Å². The van der Waals surface area contributed by atoms with E-state index in [1.54, 1.807) is 0 Å². The van der Waals surface area contributed by atoms with Crippen molar-refractivity contribution < 1.29 is 8.78 Å². The van der Waals surface area contributed by atoms with Crippen LogP contribution in [0.2, 0.25) is 0 Å². The molecule has 0 aromatic heterocycles. The van der Waals surface area contributed by atoms with Crippen LogP contribution in [0.4, 0.5) is 8.78 Å². The van der Waals surface area contributed by atoms with Crippen LogP contribution in [0.5, 0.6) is 0 Å². The molecule has 1 unspecified atom stereocenters. The van der Waals surface area contributed by atoms with Crippen molar-refractivity contribution in [3.8, 4) is 0 Å². The lowest BCUT2D eigenvalue weighted by molar-refractivity contribution is 0.522. The minimum atomic E-state index is -0.534. The Hall–Kier alpha value is -1.26. The number of hydrogen-bond acceptors (Lipinski definition) is 1. The van der Waals surface area contributed by atoms with Gasteiger partial charge in [0.15, 0.2) is 0 Å². The molecule has 0 saturated heterocycles. The van der Waals surface area contributed by atoms with Gasteiger partial charge < -0.3 is 5.32 Å². The van der Waals surface area contributed by atoms with Crippen LogP contribution in [0.15, 0.2) is 46.9 Å². The fraction of sp³-hybridized carbons (Fsp3) is 0.294. The summed E-state index contributed by atoms with van der Waals surface area (Å²) in [6.07, 6.45) is 1.55. The Morgan fingerprint density at radius 2 is 1.81 bits per heavy atom. The minimum Gasteiger partial charge on any atom is -0.310 e. The van der Waals surface area contributed by atoms with Crippen molar-refractivity contribution in [1.82, 2.24) is 5.32 Å². The molecule has 1 nitrogen and oxygen atoms in total.